The topological polar surface area (TPSA) is 123 Å². The molecule has 1 N–H and O–H groups in total. The van der Waals surface area contributed by atoms with E-state index in [2.05, 4.69) is 41.3 Å². The van der Waals surface area contributed by atoms with Crippen LogP contribution in [0.5, 0.6) is 0 Å². The molecule has 1 aliphatic rings. The van der Waals surface area contributed by atoms with Crippen molar-refractivity contribution in [2.24, 2.45) is 5.41 Å². The quantitative estimate of drug-likeness (QED) is 0.181. The van der Waals surface area contributed by atoms with Crippen molar-refractivity contribution in [1.82, 2.24) is 9.80 Å². The van der Waals surface area contributed by atoms with Gasteiger partial charge in [-0.1, -0.05) is 75.4 Å². The molecule has 0 aliphatic carbocycles. The van der Waals surface area contributed by atoms with E-state index in [1.54, 1.807) is 48.5 Å². The van der Waals surface area contributed by atoms with Gasteiger partial charge in [-0.3, -0.25) is 14.3 Å². The number of hydrogen-bond acceptors (Lipinski definition) is 8. The maximum absolute atomic E-state index is 14.9. The van der Waals surface area contributed by atoms with Crippen molar-refractivity contribution in [3.05, 3.63) is 60.2 Å². The molecule has 1 fully saturated rings. The second-order valence-corrected chi connectivity index (χ2v) is 18.8. The van der Waals surface area contributed by atoms with E-state index in [1.165, 1.54) is 0 Å². The molecule has 11 heteroatoms. The average molecular weight is 701 g/mol. The van der Waals surface area contributed by atoms with Crippen molar-refractivity contribution < 1.29 is 38.1 Å². The molecule has 10 nitrogen and oxygen atoms in total. The molecule has 2 amide bonds. The summed E-state index contributed by atoms with van der Waals surface area (Å²) in [7, 11) is -3.75. The molecular weight excluding hydrogens is 643 g/mol. The maximum atomic E-state index is 14.9. The monoisotopic (exact) mass is 700 g/mol. The van der Waals surface area contributed by atoms with Gasteiger partial charge >= 0.3 is 18.2 Å². The number of carboxylic acid groups (broad SMARTS) is 1. The third-order valence-corrected chi connectivity index (χ3v) is 11.8. The SMILES string of the molecule is CCOP1(=O)CCN(Cc2ccc(-c3ccccc3)cc2)C(C(C)(C)C)C1(CCCCN(C(=O)OC(C)(C)C)C(=O)OC(C)(C)C)C(=O)O. The Hall–Kier alpha value is -3.20. The van der Waals surface area contributed by atoms with Crippen LogP contribution in [-0.4, -0.2) is 81.3 Å². The molecule has 1 saturated heterocycles. The first-order valence-electron chi connectivity index (χ1n) is 17.2. The van der Waals surface area contributed by atoms with Gasteiger partial charge in [0.25, 0.3) is 0 Å². The number of rotatable bonds is 11. The maximum Gasteiger partial charge on any atom is 0.419 e. The molecule has 3 unspecified atom stereocenters. The van der Waals surface area contributed by atoms with Gasteiger partial charge in [-0.15, -0.1) is 0 Å². The molecule has 1 heterocycles. The van der Waals surface area contributed by atoms with E-state index in [0.717, 1.165) is 21.6 Å². The second kappa shape index (κ2) is 15.8. The fourth-order valence-corrected chi connectivity index (χ4v) is 10.2. The van der Waals surface area contributed by atoms with E-state index >= 15 is 0 Å². The van der Waals surface area contributed by atoms with Crippen LogP contribution in [0.25, 0.3) is 11.1 Å². The van der Waals surface area contributed by atoms with Crippen molar-refractivity contribution in [2.75, 3.05) is 25.9 Å². The number of nitrogens with zero attached hydrogens (tertiary/aromatic N) is 2. The summed E-state index contributed by atoms with van der Waals surface area (Å²) in [6.07, 6.45) is -1.05. The third kappa shape index (κ3) is 10.2. The number of carbonyl (C=O) groups is 3. The van der Waals surface area contributed by atoms with Crippen LogP contribution in [0.1, 0.15) is 94.1 Å². The van der Waals surface area contributed by atoms with Gasteiger partial charge in [0.05, 0.1) is 6.61 Å². The Bertz CT molecular complexity index is 1450. The minimum Gasteiger partial charge on any atom is -0.480 e. The fourth-order valence-electron chi connectivity index (χ4n) is 6.80. The number of benzene rings is 2. The van der Waals surface area contributed by atoms with Crippen molar-refractivity contribution >= 4 is 25.5 Å². The van der Waals surface area contributed by atoms with Gasteiger partial charge < -0.3 is 19.1 Å². The number of unbranched alkanes of at least 4 members (excludes halogenated alkanes) is 1. The minimum atomic E-state index is -3.75. The van der Waals surface area contributed by atoms with Gasteiger partial charge in [-0.25, -0.2) is 14.5 Å². The molecule has 0 saturated carbocycles. The molecule has 2 aromatic carbocycles. The van der Waals surface area contributed by atoms with E-state index in [9.17, 15) is 24.1 Å². The molecular formula is C38H57N2O8P. The lowest BCUT2D eigenvalue weighted by Gasteiger charge is -2.55. The highest BCUT2D eigenvalue weighted by atomic mass is 31.2. The summed E-state index contributed by atoms with van der Waals surface area (Å²) >= 11 is 0. The number of aliphatic carboxylic acids is 1. The highest BCUT2D eigenvalue weighted by Gasteiger charge is 2.66. The zero-order chi connectivity index (χ0) is 36.8. The van der Waals surface area contributed by atoms with E-state index in [1.807, 2.05) is 39.0 Å². The van der Waals surface area contributed by atoms with Gasteiger partial charge in [-0.05, 0) is 89.8 Å². The highest BCUT2D eigenvalue weighted by molar-refractivity contribution is 7.62. The fraction of sp³-hybridized carbons (Fsp3) is 0.605. The van der Waals surface area contributed by atoms with Crippen LogP contribution in [0.4, 0.5) is 9.59 Å². The predicted molar refractivity (Wildman–Crippen MR) is 193 cm³/mol. The Balaban J connectivity index is 1.94. The van der Waals surface area contributed by atoms with Gasteiger partial charge in [0.15, 0.2) is 5.16 Å². The van der Waals surface area contributed by atoms with E-state index in [4.69, 9.17) is 14.0 Å². The molecule has 0 spiro atoms. The number of hydrogen-bond donors (Lipinski definition) is 1. The van der Waals surface area contributed by atoms with E-state index in [0.29, 0.717) is 13.1 Å². The molecule has 1 aliphatic heterocycles. The van der Waals surface area contributed by atoms with Crippen LogP contribution in [0.3, 0.4) is 0 Å². The van der Waals surface area contributed by atoms with Crippen LogP contribution in [-0.2, 0) is 29.9 Å². The molecule has 3 rings (SSSR count). The predicted octanol–water partition coefficient (Wildman–Crippen LogP) is 9.06. The lowest BCUT2D eigenvalue weighted by molar-refractivity contribution is -0.146. The molecule has 0 aromatic heterocycles. The number of carbonyl (C=O) groups excluding carboxylic acids is 2. The summed E-state index contributed by atoms with van der Waals surface area (Å²) in [5.74, 6) is -1.16. The zero-order valence-electron chi connectivity index (χ0n) is 31.1. The number of amides is 2. The summed E-state index contributed by atoms with van der Waals surface area (Å²) in [6.45, 7) is 18.9. The summed E-state index contributed by atoms with van der Waals surface area (Å²) in [5.41, 5.74) is 0.924. The Morgan fingerprint density at radius 2 is 1.39 bits per heavy atom. The van der Waals surface area contributed by atoms with Crippen LogP contribution in [0.2, 0.25) is 0 Å². The first kappa shape index (κ1) is 40.2. The molecule has 49 heavy (non-hydrogen) atoms. The molecule has 0 radical (unpaired) electrons. The van der Waals surface area contributed by atoms with Crippen LogP contribution in [0, 0.1) is 5.41 Å². The zero-order valence-corrected chi connectivity index (χ0v) is 32.0. The van der Waals surface area contributed by atoms with E-state index in [-0.39, 0.29) is 38.6 Å². The van der Waals surface area contributed by atoms with Crippen LogP contribution < -0.4 is 0 Å². The van der Waals surface area contributed by atoms with E-state index < -0.39 is 53.3 Å². The van der Waals surface area contributed by atoms with Crippen molar-refractivity contribution in [1.29, 1.82) is 0 Å². The van der Waals surface area contributed by atoms with Crippen LogP contribution >= 0.6 is 7.37 Å². The minimum absolute atomic E-state index is 0.0292. The van der Waals surface area contributed by atoms with Gasteiger partial charge in [0, 0.05) is 31.8 Å². The summed E-state index contributed by atoms with van der Waals surface area (Å²) < 4.78 is 31.8. The largest absolute Gasteiger partial charge is 0.480 e. The number of carboxylic acids is 1. The Morgan fingerprint density at radius 1 is 0.857 bits per heavy atom. The van der Waals surface area contributed by atoms with Crippen molar-refractivity contribution in [3.8, 4) is 11.1 Å². The van der Waals surface area contributed by atoms with Crippen molar-refractivity contribution in [3.63, 3.8) is 0 Å². The molecule has 272 valence electrons. The summed E-state index contributed by atoms with van der Waals surface area (Å²) in [4.78, 5) is 42.9. The van der Waals surface area contributed by atoms with Crippen LogP contribution in [0.15, 0.2) is 54.6 Å². The normalized spacial score (nSPS) is 22.0. The molecule has 2 aromatic rings. The number of imide groups is 1. The molecule has 0 bridgehead atoms. The average Bonchev–Trinajstić information content (AvgIpc) is 2.97. The molecule has 3 atom stereocenters. The van der Waals surface area contributed by atoms with Crippen molar-refractivity contribution in [2.45, 2.75) is 117 Å². The number of ether oxygens (including phenoxy) is 2. The first-order valence-corrected chi connectivity index (χ1v) is 19.0. The third-order valence-electron chi connectivity index (χ3n) is 8.50. The summed E-state index contributed by atoms with van der Waals surface area (Å²) in [5, 5.41) is 9.40. The highest BCUT2D eigenvalue weighted by Crippen LogP contribution is 2.67. The lowest BCUT2D eigenvalue weighted by Crippen LogP contribution is -2.66. The Kier molecular flexibility index (Phi) is 13.0. The second-order valence-electron chi connectivity index (χ2n) is 15.9. The lowest BCUT2D eigenvalue weighted by atomic mass is 9.74. The first-order chi connectivity index (χ1) is 22.6. The summed E-state index contributed by atoms with van der Waals surface area (Å²) in [6, 6.07) is 17.7. The Morgan fingerprint density at radius 3 is 1.86 bits per heavy atom. The van der Waals surface area contributed by atoms with Gasteiger partial charge in [-0.2, -0.15) is 0 Å². The van der Waals surface area contributed by atoms with Gasteiger partial charge in [0.1, 0.15) is 11.2 Å². The Labute approximate surface area is 292 Å². The smallest absolute Gasteiger partial charge is 0.419 e. The standard InChI is InChI=1S/C38H57N2O8P/c1-11-46-49(45)26-25-39(27-28-19-21-30(22-20-28)29-17-13-12-14-18-29)31(35(2,3)4)38(49,32(41)42)23-15-16-24-40(33(43)47-36(5,6)7)34(44)48-37(8,9)10/h12-14,17-22,31H,11,15-16,23-27H2,1-10H3,(H,41,42). The van der Waals surface area contributed by atoms with Gasteiger partial charge in [0.2, 0.25) is 7.37 Å².